The minimum atomic E-state index is -0.852. The van der Waals surface area contributed by atoms with Gasteiger partial charge in [-0.3, -0.25) is 4.79 Å². The number of allylic oxidation sites excluding steroid dienone is 1. The number of ketones is 1. The topological polar surface area (TPSA) is 104 Å². The fourth-order valence-electron chi connectivity index (χ4n) is 2.75. The molecule has 0 aliphatic carbocycles. The molecule has 2 rings (SSSR count). The van der Waals surface area contributed by atoms with Crippen molar-refractivity contribution in [2.45, 2.75) is 51.2 Å². The number of Topliss-reactive ketones (excluding diaryl/α,β-unsaturated/α-hetero) is 1. The zero-order valence-electron chi connectivity index (χ0n) is 13.9. The number of aliphatic hydroxyl groups excluding tert-OH is 1. The Kier molecular flexibility index (Phi) is 6.45. The highest BCUT2D eigenvalue weighted by atomic mass is 35.5. The number of carbonyl (C=O) groups excluding carboxylic acids is 2. The van der Waals surface area contributed by atoms with Crippen LogP contribution in [-0.4, -0.2) is 39.3 Å². The van der Waals surface area contributed by atoms with Gasteiger partial charge in [-0.2, -0.15) is 0 Å². The van der Waals surface area contributed by atoms with Gasteiger partial charge in [0.25, 0.3) is 0 Å². The molecule has 0 aromatic heterocycles. The minimum Gasteiger partial charge on any atom is -0.507 e. The molecule has 0 saturated heterocycles. The predicted octanol–water partition coefficient (Wildman–Crippen LogP) is 2.90. The first-order valence-corrected chi connectivity index (χ1v) is 8.46. The van der Waals surface area contributed by atoms with Gasteiger partial charge in [-0.15, -0.1) is 0 Å². The van der Waals surface area contributed by atoms with Gasteiger partial charge < -0.3 is 20.1 Å². The molecule has 0 saturated carbocycles. The minimum absolute atomic E-state index is 0.0444. The summed E-state index contributed by atoms with van der Waals surface area (Å²) in [5.41, 5.74) is -0.187. The lowest BCUT2D eigenvalue weighted by Gasteiger charge is -2.19. The van der Waals surface area contributed by atoms with Crippen molar-refractivity contribution in [1.82, 2.24) is 0 Å². The molecule has 7 heteroatoms. The second kappa shape index (κ2) is 8.36. The summed E-state index contributed by atoms with van der Waals surface area (Å²) in [4.78, 5) is 24.6. The standard InChI is InChI=1S/C18H21ClO6/c1-10-7-11(20)5-3-2-4-6-12(21)8-13-16(18(24)25-10)14(22)9-15(23)17(13)19/h2-3,9-11,20,22-23H,4-8H2,1H3/b3-2-/t10-,11?/m1/s1. The van der Waals surface area contributed by atoms with Crippen molar-refractivity contribution in [1.29, 1.82) is 0 Å². The molecule has 3 N–H and O–H groups in total. The van der Waals surface area contributed by atoms with Crippen LogP contribution in [-0.2, 0) is 16.0 Å². The fraction of sp³-hybridized carbons (Fsp3) is 0.444. The Balaban J connectivity index is 2.44. The lowest BCUT2D eigenvalue weighted by atomic mass is 9.98. The summed E-state index contributed by atoms with van der Waals surface area (Å²) in [5.74, 6) is -1.97. The molecular weight excluding hydrogens is 348 g/mol. The van der Waals surface area contributed by atoms with E-state index < -0.39 is 29.7 Å². The predicted molar refractivity (Wildman–Crippen MR) is 92.0 cm³/mol. The third kappa shape index (κ3) is 4.96. The maximum Gasteiger partial charge on any atom is 0.342 e. The number of phenols is 2. The molecule has 1 aromatic rings. The van der Waals surface area contributed by atoms with Crippen molar-refractivity contribution in [3.63, 3.8) is 0 Å². The largest absolute Gasteiger partial charge is 0.507 e. The summed E-state index contributed by atoms with van der Waals surface area (Å²) in [6.45, 7) is 1.63. The average molecular weight is 369 g/mol. The monoisotopic (exact) mass is 368 g/mol. The first-order chi connectivity index (χ1) is 11.8. The van der Waals surface area contributed by atoms with E-state index in [1.54, 1.807) is 13.0 Å². The van der Waals surface area contributed by atoms with E-state index in [1.807, 2.05) is 6.08 Å². The molecule has 1 unspecified atom stereocenters. The molecule has 0 spiro atoms. The van der Waals surface area contributed by atoms with E-state index in [-0.39, 0.29) is 41.2 Å². The molecule has 0 bridgehead atoms. The zero-order chi connectivity index (χ0) is 18.6. The van der Waals surface area contributed by atoms with Crippen molar-refractivity contribution in [3.8, 4) is 11.5 Å². The number of cyclic esters (lactones) is 1. The SMILES string of the molecule is C[C@@H]1CC(O)C/C=C\CCC(=O)Cc2c(Cl)c(O)cc(O)c2C(=O)O1. The molecule has 25 heavy (non-hydrogen) atoms. The number of rotatable bonds is 0. The van der Waals surface area contributed by atoms with E-state index in [4.69, 9.17) is 16.3 Å². The van der Waals surface area contributed by atoms with Crippen LogP contribution in [0.1, 0.15) is 48.5 Å². The zero-order valence-corrected chi connectivity index (χ0v) is 14.6. The van der Waals surface area contributed by atoms with Crippen LogP contribution in [0.4, 0.5) is 0 Å². The average Bonchev–Trinajstić information content (AvgIpc) is 2.50. The third-order valence-electron chi connectivity index (χ3n) is 3.98. The maximum absolute atomic E-state index is 12.5. The Morgan fingerprint density at radius 1 is 1.20 bits per heavy atom. The molecular formula is C18H21ClO6. The fourth-order valence-corrected chi connectivity index (χ4v) is 2.96. The van der Waals surface area contributed by atoms with Gasteiger partial charge in [0.2, 0.25) is 0 Å². The molecule has 0 amide bonds. The Morgan fingerprint density at radius 3 is 2.64 bits per heavy atom. The molecule has 1 aliphatic heterocycles. The van der Waals surface area contributed by atoms with E-state index >= 15 is 0 Å². The maximum atomic E-state index is 12.5. The Morgan fingerprint density at radius 2 is 1.92 bits per heavy atom. The van der Waals surface area contributed by atoms with E-state index in [1.165, 1.54) is 0 Å². The molecule has 136 valence electrons. The van der Waals surface area contributed by atoms with E-state index in [0.29, 0.717) is 12.8 Å². The van der Waals surface area contributed by atoms with Crippen LogP contribution >= 0.6 is 11.6 Å². The van der Waals surface area contributed by atoms with Gasteiger partial charge in [0, 0.05) is 30.9 Å². The van der Waals surface area contributed by atoms with Gasteiger partial charge in [-0.05, 0) is 19.8 Å². The number of ether oxygens (including phenoxy) is 1. The number of hydrogen-bond donors (Lipinski definition) is 3. The quantitative estimate of drug-likeness (QED) is 0.480. The number of fused-ring (bicyclic) bond motifs is 1. The van der Waals surface area contributed by atoms with Gasteiger partial charge in [-0.25, -0.2) is 4.79 Å². The second-order valence-corrected chi connectivity index (χ2v) is 6.53. The molecule has 1 aliphatic rings. The Hall–Kier alpha value is -2.05. The Bertz CT molecular complexity index is 697. The first kappa shape index (κ1) is 19.3. The van der Waals surface area contributed by atoms with E-state index in [9.17, 15) is 24.9 Å². The van der Waals surface area contributed by atoms with Crippen molar-refractivity contribution in [2.24, 2.45) is 0 Å². The number of aromatic hydroxyl groups is 2. The molecule has 0 fully saturated rings. The number of esters is 1. The summed E-state index contributed by atoms with van der Waals surface area (Å²) in [5, 5.41) is 29.6. The molecule has 0 radical (unpaired) electrons. The number of phenolic OH excluding ortho intramolecular Hbond substituents is 2. The number of hydrogen-bond acceptors (Lipinski definition) is 6. The number of halogens is 1. The normalized spacial score (nSPS) is 24.1. The van der Waals surface area contributed by atoms with E-state index in [2.05, 4.69) is 0 Å². The van der Waals surface area contributed by atoms with E-state index in [0.717, 1.165) is 6.07 Å². The van der Waals surface area contributed by atoms with Gasteiger partial charge in [0.15, 0.2) is 0 Å². The van der Waals surface area contributed by atoms with Crippen LogP contribution in [0, 0.1) is 0 Å². The molecule has 1 aromatic carbocycles. The second-order valence-electron chi connectivity index (χ2n) is 6.15. The van der Waals surface area contributed by atoms with Crippen molar-refractivity contribution < 1.29 is 29.6 Å². The number of benzene rings is 1. The highest BCUT2D eigenvalue weighted by Crippen LogP contribution is 2.37. The van der Waals surface area contributed by atoms with Crippen LogP contribution < -0.4 is 0 Å². The summed E-state index contributed by atoms with van der Waals surface area (Å²) in [6.07, 6.45) is 3.45. The lowest BCUT2D eigenvalue weighted by Crippen LogP contribution is -2.22. The van der Waals surface area contributed by atoms with Gasteiger partial charge in [0.05, 0.1) is 11.1 Å². The summed E-state index contributed by atoms with van der Waals surface area (Å²) in [6, 6.07) is 0.943. The number of carbonyl (C=O) groups is 2. The highest BCUT2D eigenvalue weighted by Gasteiger charge is 2.26. The van der Waals surface area contributed by atoms with Gasteiger partial charge >= 0.3 is 5.97 Å². The van der Waals surface area contributed by atoms with Crippen molar-refractivity contribution in [3.05, 3.63) is 34.4 Å². The van der Waals surface area contributed by atoms with Gasteiger partial charge in [0.1, 0.15) is 28.9 Å². The van der Waals surface area contributed by atoms with Crippen LogP contribution in [0.15, 0.2) is 18.2 Å². The number of aliphatic hydroxyl groups is 1. The molecule has 2 atom stereocenters. The van der Waals surface area contributed by atoms with Gasteiger partial charge in [-0.1, -0.05) is 23.8 Å². The van der Waals surface area contributed by atoms with Crippen LogP contribution in [0.2, 0.25) is 5.02 Å². The first-order valence-electron chi connectivity index (χ1n) is 8.08. The van der Waals surface area contributed by atoms with Crippen molar-refractivity contribution in [2.75, 3.05) is 0 Å². The Labute approximate surface area is 150 Å². The van der Waals surface area contributed by atoms with Crippen LogP contribution in [0.25, 0.3) is 0 Å². The van der Waals surface area contributed by atoms with Crippen molar-refractivity contribution >= 4 is 23.4 Å². The van der Waals surface area contributed by atoms with Crippen LogP contribution in [0.3, 0.4) is 0 Å². The smallest absolute Gasteiger partial charge is 0.342 e. The highest BCUT2D eigenvalue weighted by molar-refractivity contribution is 6.33. The lowest BCUT2D eigenvalue weighted by molar-refractivity contribution is -0.118. The van der Waals surface area contributed by atoms with Crippen LogP contribution in [0.5, 0.6) is 11.5 Å². The molecule has 6 nitrogen and oxygen atoms in total. The summed E-state index contributed by atoms with van der Waals surface area (Å²) >= 11 is 6.05. The summed E-state index contributed by atoms with van der Waals surface area (Å²) < 4.78 is 5.27. The third-order valence-corrected chi connectivity index (χ3v) is 4.40. The molecule has 1 heterocycles. The summed E-state index contributed by atoms with van der Waals surface area (Å²) in [7, 11) is 0.